The first-order valence-corrected chi connectivity index (χ1v) is 9.76. The van der Waals surface area contributed by atoms with Crippen molar-refractivity contribution in [2.45, 2.75) is 12.1 Å². The van der Waals surface area contributed by atoms with Gasteiger partial charge in [-0.1, -0.05) is 51.4 Å². The van der Waals surface area contributed by atoms with E-state index in [9.17, 15) is 4.79 Å². The van der Waals surface area contributed by atoms with Gasteiger partial charge in [0.1, 0.15) is 0 Å². The average molecular weight is 418 g/mol. The summed E-state index contributed by atoms with van der Waals surface area (Å²) in [6.45, 7) is 1.84. The fraction of sp³-hybridized carbons (Fsp3) is 0.267. The zero-order valence-corrected chi connectivity index (χ0v) is 16.5. The lowest BCUT2D eigenvalue weighted by molar-refractivity contribution is 0.0950. The monoisotopic (exact) mass is 416 g/mol. The largest absolute Gasteiger partial charge is 0.271 e. The van der Waals surface area contributed by atoms with E-state index in [0.29, 0.717) is 21.6 Å². The van der Waals surface area contributed by atoms with Crippen LogP contribution in [0.5, 0.6) is 0 Å². The fourth-order valence-corrected chi connectivity index (χ4v) is 2.46. The van der Waals surface area contributed by atoms with Crippen molar-refractivity contribution in [3.63, 3.8) is 0 Å². The van der Waals surface area contributed by atoms with E-state index in [2.05, 4.69) is 31.3 Å². The van der Waals surface area contributed by atoms with Crippen LogP contribution in [-0.2, 0) is 0 Å². The first-order chi connectivity index (χ1) is 11.0. The maximum atomic E-state index is 12.3. The van der Waals surface area contributed by atoms with Gasteiger partial charge in [0.25, 0.3) is 5.91 Å². The predicted octanol–water partition coefficient (Wildman–Crippen LogP) is 3.95. The Hall–Kier alpha value is -1.31. The van der Waals surface area contributed by atoms with E-state index in [0.717, 1.165) is 5.56 Å². The maximum Gasteiger partial charge on any atom is 0.271 e. The number of hydrazine groups is 1. The summed E-state index contributed by atoms with van der Waals surface area (Å²) >= 11 is 10.5. The highest BCUT2D eigenvalue weighted by Gasteiger charge is 2.15. The summed E-state index contributed by atoms with van der Waals surface area (Å²) in [5.74, 6) is 2.14. The minimum atomic E-state index is -0.273. The molecule has 1 heterocycles. The normalized spacial score (nSPS) is 9.65. The van der Waals surface area contributed by atoms with Crippen LogP contribution in [0.25, 0.3) is 0 Å². The molecule has 0 atom stereocenters. The second-order valence-corrected chi connectivity index (χ2v) is 5.51. The molecule has 0 radical (unpaired) electrons. The second kappa shape index (κ2) is 9.75. The molecular formula is C15H18BrClN4OS. The predicted molar refractivity (Wildman–Crippen MR) is 101 cm³/mol. The molecule has 2 rings (SSSR count). The van der Waals surface area contributed by atoms with Gasteiger partial charge in [0, 0.05) is 19.3 Å². The highest BCUT2D eigenvalue weighted by atomic mass is 79.9. The van der Waals surface area contributed by atoms with E-state index in [1.165, 1.54) is 11.8 Å². The Bertz CT molecular complexity index is 651. The fourth-order valence-electron chi connectivity index (χ4n) is 1.80. The molecule has 124 valence electrons. The van der Waals surface area contributed by atoms with Gasteiger partial charge in [-0.25, -0.2) is 9.97 Å². The Kier molecular flexibility index (Phi) is 8.36. The van der Waals surface area contributed by atoms with Gasteiger partial charge >= 0.3 is 0 Å². The van der Waals surface area contributed by atoms with Crippen LogP contribution >= 0.6 is 39.3 Å². The smallest absolute Gasteiger partial charge is 0.271 e. The van der Waals surface area contributed by atoms with Crippen molar-refractivity contribution in [1.29, 1.82) is 0 Å². The number of alkyl halides is 1. The molecule has 0 aliphatic carbocycles. The molecule has 0 saturated heterocycles. The van der Waals surface area contributed by atoms with Crippen molar-refractivity contribution in [2.75, 3.05) is 24.1 Å². The first kappa shape index (κ1) is 19.7. The molecule has 0 spiro atoms. The Morgan fingerprint density at radius 3 is 2.65 bits per heavy atom. The molecule has 1 aromatic carbocycles. The number of halogens is 2. The number of anilines is 1. The molecule has 1 amide bonds. The lowest BCUT2D eigenvalue weighted by Gasteiger charge is -2.20. The molecule has 0 unspecified atom stereocenters. The summed E-state index contributed by atoms with van der Waals surface area (Å²) in [7, 11) is 1.72. The van der Waals surface area contributed by atoms with Crippen LogP contribution in [0, 0.1) is 6.92 Å². The summed E-state index contributed by atoms with van der Waals surface area (Å²) < 4.78 is 0. The van der Waals surface area contributed by atoms with Gasteiger partial charge in [-0.3, -0.25) is 15.2 Å². The third kappa shape index (κ3) is 5.37. The third-order valence-electron chi connectivity index (χ3n) is 2.86. The number of benzene rings is 1. The van der Waals surface area contributed by atoms with Crippen LogP contribution in [0.15, 0.2) is 35.6 Å². The van der Waals surface area contributed by atoms with Gasteiger partial charge in [-0.05, 0) is 30.6 Å². The summed E-state index contributed by atoms with van der Waals surface area (Å²) in [5, 5.41) is 2.61. The van der Waals surface area contributed by atoms with Gasteiger partial charge < -0.3 is 0 Å². The molecule has 0 saturated carbocycles. The molecule has 8 heteroatoms. The van der Waals surface area contributed by atoms with Crippen LogP contribution < -0.4 is 10.4 Å². The lowest BCUT2D eigenvalue weighted by atomic mass is 10.1. The van der Waals surface area contributed by atoms with Crippen molar-refractivity contribution >= 4 is 51.0 Å². The second-order valence-electron chi connectivity index (χ2n) is 4.33. The van der Waals surface area contributed by atoms with Crippen molar-refractivity contribution in [3.05, 3.63) is 46.6 Å². The Morgan fingerprint density at radius 2 is 2.04 bits per heavy atom. The topological polar surface area (TPSA) is 58.1 Å². The molecule has 2 aromatic rings. The summed E-state index contributed by atoms with van der Waals surface area (Å²) in [6.07, 6.45) is 3.54. The van der Waals surface area contributed by atoms with Crippen molar-refractivity contribution in [3.8, 4) is 0 Å². The molecule has 23 heavy (non-hydrogen) atoms. The van der Waals surface area contributed by atoms with Gasteiger partial charge in [0.2, 0.25) is 0 Å². The number of carbonyl (C=O) groups is 1. The molecule has 0 fully saturated rings. The number of aryl methyl sites for hydroxylation is 1. The molecule has 0 aliphatic rings. The highest BCUT2D eigenvalue weighted by Crippen LogP contribution is 2.20. The molecule has 1 N–H and O–H groups in total. The minimum Gasteiger partial charge on any atom is -0.271 e. The van der Waals surface area contributed by atoms with Gasteiger partial charge in [0.15, 0.2) is 11.0 Å². The zero-order chi connectivity index (χ0) is 17.4. The number of hydrogen-bond donors (Lipinski definition) is 1. The van der Waals surface area contributed by atoms with Crippen molar-refractivity contribution < 1.29 is 4.79 Å². The number of hydrogen-bond acceptors (Lipinski definition) is 5. The Labute approximate surface area is 153 Å². The first-order valence-electron chi connectivity index (χ1n) is 6.57. The van der Waals surface area contributed by atoms with Crippen molar-refractivity contribution in [2.24, 2.45) is 0 Å². The number of rotatable bonds is 4. The van der Waals surface area contributed by atoms with E-state index in [4.69, 9.17) is 11.6 Å². The van der Waals surface area contributed by atoms with Crippen LogP contribution in [0.3, 0.4) is 0 Å². The number of amides is 1. The number of aromatic nitrogens is 2. The minimum absolute atomic E-state index is 0.273. The SMILES string of the molecule is CBr.CSc1nccc(N(C)NC(=O)c2c(C)cccc2Cl)n1. The van der Waals surface area contributed by atoms with Crippen LogP contribution in [0.1, 0.15) is 15.9 Å². The van der Waals surface area contributed by atoms with Gasteiger partial charge in [0.05, 0.1) is 10.6 Å². The summed E-state index contributed by atoms with van der Waals surface area (Å²) in [5.41, 5.74) is 4.04. The number of nitrogens with one attached hydrogen (secondary N) is 1. The van der Waals surface area contributed by atoms with E-state index in [1.807, 2.05) is 31.1 Å². The maximum absolute atomic E-state index is 12.3. The van der Waals surface area contributed by atoms with Crippen LogP contribution in [0.2, 0.25) is 5.02 Å². The molecule has 5 nitrogen and oxygen atoms in total. The standard InChI is InChI=1S/C14H15ClN4OS.CH3Br/c1-9-5-4-6-10(15)12(9)13(20)18-19(2)11-7-8-16-14(17-11)21-3;1-2/h4-8H,1-3H3,(H,18,20);1H3. The summed E-state index contributed by atoms with van der Waals surface area (Å²) in [4.78, 5) is 20.7. The summed E-state index contributed by atoms with van der Waals surface area (Å²) in [6, 6.07) is 7.07. The van der Waals surface area contributed by atoms with Crippen LogP contribution in [0.4, 0.5) is 5.82 Å². The Balaban J connectivity index is 0.00000127. The number of thioether (sulfide) groups is 1. The highest BCUT2D eigenvalue weighted by molar-refractivity contribution is 9.08. The molecule has 0 bridgehead atoms. The molecular weight excluding hydrogens is 400 g/mol. The zero-order valence-electron chi connectivity index (χ0n) is 13.3. The van der Waals surface area contributed by atoms with Crippen LogP contribution in [-0.4, -0.2) is 35.0 Å². The average Bonchev–Trinajstić information content (AvgIpc) is 2.56. The lowest BCUT2D eigenvalue weighted by Crippen LogP contribution is -2.40. The Morgan fingerprint density at radius 1 is 1.35 bits per heavy atom. The third-order valence-corrected chi connectivity index (χ3v) is 3.74. The number of nitrogens with zero attached hydrogens (tertiary/aromatic N) is 3. The van der Waals surface area contributed by atoms with E-state index in [-0.39, 0.29) is 5.91 Å². The molecule has 0 aliphatic heterocycles. The van der Waals surface area contributed by atoms with E-state index < -0.39 is 0 Å². The van der Waals surface area contributed by atoms with Crippen molar-refractivity contribution in [1.82, 2.24) is 15.4 Å². The van der Waals surface area contributed by atoms with Gasteiger partial charge in [-0.15, -0.1) is 0 Å². The number of carbonyl (C=O) groups excluding carboxylic acids is 1. The van der Waals surface area contributed by atoms with Gasteiger partial charge in [-0.2, -0.15) is 0 Å². The quantitative estimate of drug-likeness (QED) is 0.353. The molecule has 1 aromatic heterocycles. The van der Waals surface area contributed by atoms with E-state index >= 15 is 0 Å². The van der Waals surface area contributed by atoms with E-state index in [1.54, 1.807) is 30.4 Å².